The van der Waals surface area contributed by atoms with Crippen molar-refractivity contribution in [2.75, 3.05) is 0 Å². The quantitative estimate of drug-likeness (QED) is 0.143. The minimum Gasteiger partial charge on any atom is -0.264 e. The average molecular weight is 792 g/mol. The van der Waals surface area contributed by atoms with Crippen LogP contribution in [0.2, 0.25) is 0 Å². The first-order chi connectivity index (χ1) is 30.7. The second-order valence-corrected chi connectivity index (χ2v) is 15.4. The van der Waals surface area contributed by atoms with E-state index in [0.717, 1.165) is 72.5 Å². The van der Waals surface area contributed by atoms with E-state index in [1.807, 2.05) is 42.7 Å². The summed E-state index contributed by atoms with van der Waals surface area (Å²) in [6, 6.07) is 72.2. The number of benzene rings is 8. The normalized spacial score (nSPS) is 11.2. The van der Waals surface area contributed by atoms with Crippen LogP contribution in [0.3, 0.4) is 0 Å². The number of pyridine rings is 2. The van der Waals surface area contributed by atoms with Crippen molar-refractivity contribution in [3.8, 4) is 89.9 Å². The zero-order valence-electron chi connectivity index (χ0n) is 33.6. The van der Waals surface area contributed by atoms with Crippen molar-refractivity contribution in [2.45, 2.75) is 0 Å². The predicted octanol–water partition coefficient (Wildman–Crippen LogP) is 14.3. The molecule has 0 aliphatic rings. The van der Waals surface area contributed by atoms with E-state index in [-0.39, 0.29) is 0 Å². The SMILES string of the molecule is c1ccc(-c2ccc(-c3nc(-c4ccc(-c5ccccn5)cc4)nc(-c4cc(-c5ccc(-c6cccnc6)cc5)cc(-c5cc6ccccc6c6ccccc56)c4)n3)cc2)cc1. The molecule has 0 aliphatic carbocycles. The van der Waals surface area contributed by atoms with E-state index in [4.69, 9.17) is 15.0 Å². The lowest BCUT2D eigenvalue weighted by molar-refractivity contribution is 1.07. The van der Waals surface area contributed by atoms with Crippen LogP contribution in [0.25, 0.3) is 111 Å². The highest BCUT2D eigenvalue weighted by Gasteiger charge is 2.17. The number of hydrogen-bond donors (Lipinski definition) is 0. The molecule has 0 N–H and O–H groups in total. The fraction of sp³-hybridized carbons (Fsp3) is 0. The first kappa shape index (κ1) is 36.7. The summed E-state index contributed by atoms with van der Waals surface area (Å²) in [4.78, 5) is 24.6. The average Bonchev–Trinajstić information content (AvgIpc) is 3.37. The van der Waals surface area contributed by atoms with Crippen LogP contribution in [0.4, 0.5) is 0 Å². The smallest absolute Gasteiger partial charge is 0.164 e. The van der Waals surface area contributed by atoms with E-state index in [1.54, 1.807) is 6.20 Å². The Hall–Kier alpha value is -8.41. The van der Waals surface area contributed by atoms with Gasteiger partial charge in [-0.15, -0.1) is 0 Å². The minimum atomic E-state index is 0.589. The van der Waals surface area contributed by atoms with Crippen LogP contribution in [0.5, 0.6) is 0 Å². The Kier molecular flexibility index (Phi) is 9.45. The standard InChI is InChI=1S/C57H37N5/c1-2-11-38(12-3-1)39-23-27-43(28-24-39)55-60-56(44-29-25-42(26-30-44)54-18-8-9-32-59-54)62-57(61-55)49-34-47(41-21-19-40(20-22-41)46-14-10-31-58-37-46)33-48(35-49)53-36-45-13-4-5-15-50(45)51-16-6-7-17-52(51)53/h1-37H. The van der Waals surface area contributed by atoms with Crippen LogP contribution in [0.1, 0.15) is 0 Å². The summed E-state index contributed by atoms with van der Waals surface area (Å²) in [6.45, 7) is 0. The predicted molar refractivity (Wildman–Crippen MR) is 254 cm³/mol. The van der Waals surface area contributed by atoms with E-state index < -0.39 is 0 Å². The maximum atomic E-state index is 5.26. The zero-order chi connectivity index (χ0) is 41.2. The molecular weight excluding hydrogens is 755 g/mol. The fourth-order valence-electron chi connectivity index (χ4n) is 8.29. The third-order valence-corrected chi connectivity index (χ3v) is 11.5. The molecule has 0 bridgehead atoms. The lowest BCUT2D eigenvalue weighted by atomic mass is 9.90. The largest absolute Gasteiger partial charge is 0.264 e. The molecule has 3 aromatic heterocycles. The van der Waals surface area contributed by atoms with Gasteiger partial charge in [0.1, 0.15) is 0 Å². The number of fused-ring (bicyclic) bond motifs is 3. The van der Waals surface area contributed by atoms with Gasteiger partial charge in [-0.2, -0.15) is 0 Å². The molecule has 0 atom stereocenters. The second-order valence-electron chi connectivity index (χ2n) is 15.4. The van der Waals surface area contributed by atoms with Crippen LogP contribution in [-0.4, -0.2) is 24.9 Å². The first-order valence-corrected chi connectivity index (χ1v) is 20.7. The van der Waals surface area contributed by atoms with Gasteiger partial charge in [0.05, 0.1) is 5.69 Å². The summed E-state index contributed by atoms with van der Waals surface area (Å²) < 4.78 is 0. The van der Waals surface area contributed by atoms with E-state index in [2.05, 4.69) is 186 Å². The molecule has 11 rings (SSSR count). The van der Waals surface area contributed by atoms with Gasteiger partial charge in [-0.05, 0) is 109 Å². The Bertz CT molecular complexity index is 3250. The highest BCUT2D eigenvalue weighted by Crippen LogP contribution is 2.39. The summed E-state index contributed by atoms with van der Waals surface area (Å²) in [5.74, 6) is 1.78. The van der Waals surface area contributed by atoms with E-state index >= 15 is 0 Å². The van der Waals surface area contributed by atoms with Crippen molar-refractivity contribution in [2.24, 2.45) is 0 Å². The van der Waals surface area contributed by atoms with Gasteiger partial charge < -0.3 is 0 Å². The van der Waals surface area contributed by atoms with Gasteiger partial charge in [0.25, 0.3) is 0 Å². The molecule has 0 saturated heterocycles. The molecule has 0 fully saturated rings. The molecule has 8 aromatic carbocycles. The van der Waals surface area contributed by atoms with Crippen molar-refractivity contribution < 1.29 is 0 Å². The lowest BCUT2D eigenvalue weighted by Crippen LogP contribution is -2.01. The van der Waals surface area contributed by atoms with Crippen molar-refractivity contribution >= 4 is 21.5 Å². The molecule has 290 valence electrons. The van der Waals surface area contributed by atoms with E-state index in [9.17, 15) is 0 Å². The molecule has 11 aromatic rings. The van der Waals surface area contributed by atoms with Crippen LogP contribution < -0.4 is 0 Å². The van der Waals surface area contributed by atoms with E-state index in [1.165, 1.54) is 21.5 Å². The molecule has 0 unspecified atom stereocenters. The lowest BCUT2D eigenvalue weighted by Gasteiger charge is -2.15. The van der Waals surface area contributed by atoms with Crippen molar-refractivity contribution in [1.29, 1.82) is 0 Å². The Morgan fingerprint density at radius 1 is 0.274 bits per heavy atom. The Morgan fingerprint density at radius 2 is 0.774 bits per heavy atom. The number of nitrogens with zero attached hydrogens (tertiary/aromatic N) is 5. The van der Waals surface area contributed by atoms with Gasteiger partial charge in [0.2, 0.25) is 0 Å². The number of rotatable bonds is 8. The number of aromatic nitrogens is 5. The van der Waals surface area contributed by atoms with Crippen molar-refractivity contribution in [1.82, 2.24) is 24.9 Å². The van der Waals surface area contributed by atoms with Crippen LogP contribution >= 0.6 is 0 Å². The molecule has 0 spiro atoms. The number of hydrogen-bond acceptors (Lipinski definition) is 5. The molecular formula is C57H37N5. The molecule has 5 nitrogen and oxygen atoms in total. The summed E-state index contributed by atoms with van der Waals surface area (Å²) in [6.07, 6.45) is 5.52. The molecule has 3 heterocycles. The van der Waals surface area contributed by atoms with Gasteiger partial charge in [-0.3, -0.25) is 9.97 Å². The topological polar surface area (TPSA) is 64.5 Å². The van der Waals surface area contributed by atoms with Crippen molar-refractivity contribution in [3.05, 3.63) is 225 Å². The van der Waals surface area contributed by atoms with E-state index in [0.29, 0.717) is 17.5 Å². The maximum Gasteiger partial charge on any atom is 0.164 e. The van der Waals surface area contributed by atoms with Gasteiger partial charge in [0.15, 0.2) is 17.5 Å². The molecule has 0 aliphatic heterocycles. The summed E-state index contributed by atoms with van der Waals surface area (Å²) >= 11 is 0. The van der Waals surface area contributed by atoms with Gasteiger partial charge in [0, 0.05) is 40.8 Å². The van der Waals surface area contributed by atoms with Crippen LogP contribution in [-0.2, 0) is 0 Å². The molecule has 0 amide bonds. The van der Waals surface area contributed by atoms with Gasteiger partial charge >= 0.3 is 0 Å². The Labute approximate surface area is 359 Å². The molecule has 5 heteroatoms. The second kappa shape index (κ2) is 16.0. The molecule has 0 radical (unpaired) electrons. The maximum absolute atomic E-state index is 5.26. The van der Waals surface area contributed by atoms with Crippen molar-refractivity contribution in [3.63, 3.8) is 0 Å². The zero-order valence-corrected chi connectivity index (χ0v) is 33.6. The monoisotopic (exact) mass is 791 g/mol. The molecule has 62 heavy (non-hydrogen) atoms. The third-order valence-electron chi connectivity index (χ3n) is 11.5. The van der Waals surface area contributed by atoms with Gasteiger partial charge in [-0.1, -0.05) is 164 Å². The van der Waals surface area contributed by atoms with Gasteiger partial charge in [-0.25, -0.2) is 15.0 Å². The Morgan fingerprint density at radius 3 is 1.44 bits per heavy atom. The highest BCUT2D eigenvalue weighted by molar-refractivity contribution is 6.14. The summed E-state index contributed by atoms with van der Waals surface area (Å²) in [5, 5.41) is 4.82. The summed E-state index contributed by atoms with van der Waals surface area (Å²) in [5.41, 5.74) is 13.4. The molecule has 0 saturated carbocycles. The van der Waals surface area contributed by atoms with Crippen LogP contribution in [0.15, 0.2) is 225 Å². The highest BCUT2D eigenvalue weighted by atomic mass is 15.0. The van der Waals surface area contributed by atoms with Crippen LogP contribution in [0, 0.1) is 0 Å². The Balaban J connectivity index is 1.10. The fourth-order valence-corrected chi connectivity index (χ4v) is 8.29. The third kappa shape index (κ3) is 7.18. The minimum absolute atomic E-state index is 0.589. The summed E-state index contributed by atoms with van der Waals surface area (Å²) in [7, 11) is 0. The first-order valence-electron chi connectivity index (χ1n) is 20.7.